The zero-order valence-corrected chi connectivity index (χ0v) is 10.5. The molecule has 0 aromatic carbocycles. The van der Waals surface area contributed by atoms with Crippen molar-refractivity contribution >= 4 is 0 Å². The van der Waals surface area contributed by atoms with Gasteiger partial charge >= 0.3 is 0 Å². The van der Waals surface area contributed by atoms with E-state index in [4.69, 9.17) is 0 Å². The maximum Gasteiger partial charge on any atom is 0.00978 e. The predicted octanol–water partition coefficient (Wildman–Crippen LogP) is 3.59. The molecule has 2 fully saturated rings. The maximum atomic E-state index is 3.70. The summed E-state index contributed by atoms with van der Waals surface area (Å²) in [4.78, 5) is 0. The molecule has 2 aliphatic rings. The lowest BCUT2D eigenvalue weighted by atomic mass is 9.74. The monoisotopic (exact) mass is 209 g/mol. The van der Waals surface area contributed by atoms with Crippen LogP contribution in [0.1, 0.15) is 58.8 Å². The Balaban J connectivity index is 1.86. The molecule has 15 heavy (non-hydrogen) atoms. The Hall–Kier alpha value is -0.0400. The second-order valence-electron chi connectivity index (χ2n) is 5.78. The van der Waals surface area contributed by atoms with E-state index in [1.54, 1.807) is 0 Å². The van der Waals surface area contributed by atoms with Crippen molar-refractivity contribution in [1.82, 2.24) is 5.32 Å². The van der Waals surface area contributed by atoms with Crippen LogP contribution >= 0.6 is 0 Å². The smallest absolute Gasteiger partial charge is 0.00978 e. The quantitative estimate of drug-likeness (QED) is 0.749. The molecule has 0 aliphatic heterocycles. The fourth-order valence-electron chi connectivity index (χ4n) is 3.78. The third-order valence-electron chi connectivity index (χ3n) is 4.70. The molecule has 0 bridgehead atoms. The van der Waals surface area contributed by atoms with Crippen LogP contribution in [0.3, 0.4) is 0 Å². The van der Waals surface area contributed by atoms with Crippen LogP contribution in [0.2, 0.25) is 0 Å². The molecular weight excluding hydrogens is 182 g/mol. The molecule has 88 valence electrons. The standard InChI is InChI=1S/C14H27N/c1-3-15-14-6-4-5-13(14)12-9-7-11(2)8-10-12/h11-15H,3-10H2,1-2H3. The summed E-state index contributed by atoms with van der Waals surface area (Å²) < 4.78 is 0. The summed E-state index contributed by atoms with van der Waals surface area (Å²) in [6.07, 6.45) is 10.4. The molecule has 0 radical (unpaired) electrons. The number of hydrogen-bond donors (Lipinski definition) is 1. The summed E-state index contributed by atoms with van der Waals surface area (Å²) in [5.74, 6) is 3.06. The van der Waals surface area contributed by atoms with E-state index in [1.165, 1.54) is 44.9 Å². The van der Waals surface area contributed by atoms with Gasteiger partial charge < -0.3 is 5.32 Å². The van der Waals surface area contributed by atoms with Crippen LogP contribution in [0.5, 0.6) is 0 Å². The summed E-state index contributed by atoms with van der Waals surface area (Å²) in [5.41, 5.74) is 0. The van der Waals surface area contributed by atoms with E-state index in [0.29, 0.717) is 0 Å². The van der Waals surface area contributed by atoms with Gasteiger partial charge in [-0.05, 0) is 50.0 Å². The SMILES string of the molecule is CCNC1CCCC1C1CCC(C)CC1. The van der Waals surface area contributed by atoms with Crippen LogP contribution in [-0.2, 0) is 0 Å². The average molecular weight is 209 g/mol. The minimum absolute atomic E-state index is 0.855. The van der Waals surface area contributed by atoms with Crippen molar-refractivity contribution in [2.24, 2.45) is 17.8 Å². The maximum absolute atomic E-state index is 3.70. The van der Waals surface area contributed by atoms with E-state index < -0.39 is 0 Å². The van der Waals surface area contributed by atoms with E-state index in [-0.39, 0.29) is 0 Å². The molecule has 2 rings (SSSR count). The first kappa shape index (κ1) is 11.4. The van der Waals surface area contributed by atoms with Gasteiger partial charge in [-0.15, -0.1) is 0 Å². The molecule has 1 heteroatoms. The normalized spacial score (nSPS) is 42.0. The van der Waals surface area contributed by atoms with Crippen molar-refractivity contribution in [3.8, 4) is 0 Å². The van der Waals surface area contributed by atoms with E-state index >= 15 is 0 Å². The summed E-state index contributed by atoms with van der Waals surface area (Å²) in [7, 11) is 0. The van der Waals surface area contributed by atoms with Gasteiger partial charge in [0.05, 0.1) is 0 Å². The predicted molar refractivity (Wildman–Crippen MR) is 65.9 cm³/mol. The molecule has 2 atom stereocenters. The van der Waals surface area contributed by atoms with Gasteiger partial charge in [0, 0.05) is 6.04 Å². The van der Waals surface area contributed by atoms with Crippen LogP contribution in [0.4, 0.5) is 0 Å². The summed E-state index contributed by atoms with van der Waals surface area (Å²) in [5, 5.41) is 3.70. The van der Waals surface area contributed by atoms with Gasteiger partial charge in [0.2, 0.25) is 0 Å². The molecule has 0 aromatic rings. The van der Waals surface area contributed by atoms with Crippen LogP contribution < -0.4 is 5.32 Å². The van der Waals surface area contributed by atoms with Crippen molar-refractivity contribution in [3.05, 3.63) is 0 Å². The first-order valence-electron chi connectivity index (χ1n) is 7.04. The van der Waals surface area contributed by atoms with Crippen molar-refractivity contribution in [2.45, 2.75) is 64.8 Å². The minimum Gasteiger partial charge on any atom is -0.314 e. The highest BCUT2D eigenvalue weighted by Gasteiger charge is 2.34. The van der Waals surface area contributed by atoms with Gasteiger partial charge in [-0.3, -0.25) is 0 Å². The van der Waals surface area contributed by atoms with Gasteiger partial charge in [0.1, 0.15) is 0 Å². The Morgan fingerprint density at radius 3 is 2.40 bits per heavy atom. The molecule has 0 saturated heterocycles. The average Bonchev–Trinajstić information content (AvgIpc) is 2.68. The highest BCUT2D eigenvalue weighted by molar-refractivity contribution is 4.89. The number of rotatable bonds is 3. The lowest BCUT2D eigenvalue weighted by molar-refractivity contribution is 0.190. The van der Waals surface area contributed by atoms with E-state index in [9.17, 15) is 0 Å². The Morgan fingerprint density at radius 2 is 1.73 bits per heavy atom. The van der Waals surface area contributed by atoms with Crippen LogP contribution in [-0.4, -0.2) is 12.6 Å². The molecule has 1 N–H and O–H groups in total. The third-order valence-corrected chi connectivity index (χ3v) is 4.70. The highest BCUT2D eigenvalue weighted by atomic mass is 14.9. The first-order chi connectivity index (χ1) is 7.31. The molecule has 0 aromatic heterocycles. The fraction of sp³-hybridized carbons (Fsp3) is 1.00. The van der Waals surface area contributed by atoms with Crippen LogP contribution in [0.15, 0.2) is 0 Å². The molecule has 2 unspecified atom stereocenters. The molecule has 0 spiro atoms. The Labute approximate surface area is 95.0 Å². The van der Waals surface area contributed by atoms with E-state index in [2.05, 4.69) is 19.2 Å². The summed E-state index contributed by atoms with van der Waals surface area (Å²) in [6.45, 7) is 5.83. The Bertz CT molecular complexity index is 182. The van der Waals surface area contributed by atoms with Gasteiger partial charge in [-0.2, -0.15) is 0 Å². The number of nitrogens with one attached hydrogen (secondary N) is 1. The molecular formula is C14H27N. The second kappa shape index (κ2) is 5.34. The molecule has 0 amide bonds. The topological polar surface area (TPSA) is 12.0 Å². The van der Waals surface area contributed by atoms with Crippen molar-refractivity contribution < 1.29 is 0 Å². The third kappa shape index (κ3) is 2.75. The molecule has 1 nitrogen and oxygen atoms in total. The largest absolute Gasteiger partial charge is 0.314 e. The Morgan fingerprint density at radius 1 is 1.00 bits per heavy atom. The van der Waals surface area contributed by atoms with Crippen molar-refractivity contribution in [1.29, 1.82) is 0 Å². The van der Waals surface area contributed by atoms with Gasteiger partial charge in [0.25, 0.3) is 0 Å². The van der Waals surface area contributed by atoms with E-state index in [0.717, 1.165) is 30.3 Å². The Kier molecular flexibility index (Phi) is 4.07. The zero-order valence-electron chi connectivity index (χ0n) is 10.5. The molecule has 2 aliphatic carbocycles. The lowest BCUT2D eigenvalue weighted by Gasteiger charge is -2.34. The van der Waals surface area contributed by atoms with Gasteiger partial charge in [0.15, 0.2) is 0 Å². The molecule has 0 heterocycles. The highest BCUT2D eigenvalue weighted by Crippen LogP contribution is 2.40. The first-order valence-corrected chi connectivity index (χ1v) is 7.04. The lowest BCUT2D eigenvalue weighted by Crippen LogP contribution is -2.37. The van der Waals surface area contributed by atoms with Crippen LogP contribution in [0, 0.1) is 17.8 Å². The number of hydrogen-bond acceptors (Lipinski definition) is 1. The summed E-state index contributed by atoms with van der Waals surface area (Å²) >= 11 is 0. The molecule has 2 saturated carbocycles. The summed E-state index contributed by atoms with van der Waals surface area (Å²) in [6, 6.07) is 0.855. The zero-order chi connectivity index (χ0) is 10.7. The van der Waals surface area contributed by atoms with E-state index in [1.807, 2.05) is 0 Å². The fourth-order valence-corrected chi connectivity index (χ4v) is 3.78. The second-order valence-corrected chi connectivity index (χ2v) is 5.78. The van der Waals surface area contributed by atoms with Crippen molar-refractivity contribution in [2.75, 3.05) is 6.54 Å². The van der Waals surface area contributed by atoms with Gasteiger partial charge in [-0.25, -0.2) is 0 Å². The van der Waals surface area contributed by atoms with Crippen molar-refractivity contribution in [3.63, 3.8) is 0 Å². The van der Waals surface area contributed by atoms with Crippen LogP contribution in [0.25, 0.3) is 0 Å². The van der Waals surface area contributed by atoms with Gasteiger partial charge in [-0.1, -0.05) is 33.1 Å². The minimum atomic E-state index is 0.855.